The van der Waals surface area contributed by atoms with Crippen LogP contribution in [0, 0.1) is 12.7 Å². The van der Waals surface area contributed by atoms with Crippen LogP contribution < -0.4 is 5.32 Å². The first-order valence-corrected chi connectivity index (χ1v) is 6.92. The van der Waals surface area contributed by atoms with Gasteiger partial charge in [0.05, 0.1) is 11.0 Å². The zero-order valence-electron chi connectivity index (χ0n) is 10.2. The molecule has 0 radical (unpaired) electrons. The van der Waals surface area contributed by atoms with Crippen LogP contribution in [0.15, 0.2) is 24.3 Å². The number of benzene rings is 1. The fraction of sp³-hybridized carbons (Fsp3) is 0.231. The molecule has 1 aliphatic rings. The van der Waals surface area contributed by atoms with E-state index in [2.05, 4.69) is 15.5 Å². The number of fused-ring (bicyclic) bond motifs is 1. The number of aromatic nitrogens is 2. The predicted molar refractivity (Wildman–Crippen MR) is 72.7 cm³/mol. The number of halogens is 1. The van der Waals surface area contributed by atoms with E-state index in [9.17, 15) is 9.18 Å². The maximum Gasteiger partial charge on any atom is 0.235 e. The van der Waals surface area contributed by atoms with E-state index in [-0.39, 0.29) is 22.7 Å². The van der Waals surface area contributed by atoms with Crippen molar-refractivity contribution in [3.05, 3.63) is 46.9 Å². The van der Waals surface area contributed by atoms with Gasteiger partial charge in [0.2, 0.25) is 5.91 Å². The lowest BCUT2D eigenvalue weighted by molar-refractivity contribution is -0.113. The van der Waals surface area contributed by atoms with Crippen LogP contribution in [0.4, 0.5) is 10.2 Å². The number of anilines is 1. The average molecular weight is 277 g/mol. The van der Waals surface area contributed by atoms with Gasteiger partial charge >= 0.3 is 0 Å². The number of rotatable bonds is 1. The van der Waals surface area contributed by atoms with Gasteiger partial charge in [0, 0.05) is 16.8 Å². The third-order valence-corrected chi connectivity index (χ3v) is 4.34. The third kappa shape index (κ3) is 2.12. The van der Waals surface area contributed by atoms with E-state index in [1.165, 1.54) is 17.8 Å². The minimum absolute atomic E-state index is 0.114. The Morgan fingerprint density at radius 1 is 1.42 bits per heavy atom. The van der Waals surface area contributed by atoms with E-state index in [0.717, 1.165) is 11.3 Å². The number of thioether (sulfide) groups is 1. The van der Waals surface area contributed by atoms with Gasteiger partial charge in [-0.25, -0.2) is 4.39 Å². The van der Waals surface area contributed by atoms with Crippen LogP contribution in [0.2, 0.25) is 0 Å². The molecule has 6 heteroatoms. The molecule has 0 fully saturated rings. The monoisotopic (exact) mass is 277 g/mol. The summed E-state index contributed by atoms with van der Waals surface area (Å²) in [4.78, 5) is 11.6. The summed E-state index contributed by atoms with van der Waals surface area (Å²) in [7, 11) is 0. The van der Waals surface area contributed by atoms with Crippen molar-refractivity contribution in [2.75, 3.05) is 11.1 Å². The highest BCUT2D eigenvalue weighted by molar-refractivity contribution is 8.00. The number of aromatic amines is 1. The molecule has 1 aliphatic heterocycles. The number of carbonyl (C=O) groups is 1. The SMILES string of the molecule is Cc1[nH]nc2c1[C@@H](c1ccccc1F)SCC(=O)N2. The highest BCUT2D eigenvalue weighted by atomic mass is 32.2. The van der Waals surface area contributed by atoms with Crippen LogP contribution >= 0.6 is 11.8 Å². The first-order valence-electron chi connectivity index (χ1n) is 5.87. The molecule has 0 unspecified atom stereocenters. The molecule has 0 saturated carbocycles. The number of amides is 1. The van der Waals surface area contributed by atoms with E-state index in [0.29, 0.717) is 11.4 Å². The Hall–Kier alpha value is -1.82. The molecule has 4 nitrogen and oxygen atoms in total. The van der Waals surface area contributed by atoms with Gasteiger partial charge in [-0.05, 0) is 13.0 Å². The summed E-state index contributed by atoms with van der Waals surface area (Å²) in [6, 6.07) is 6.64. The summed E-state index contributed by atoms with van der Waals surface area (Å²) in [5.74, 6) is 0.410. The normalized spacial score (nSPS) is 18.6. The van der Waals surface area contributed by atoms with E-state index in [1.807, 2.05) is 6.92 Å². The maximum absolute atomic E-state index is 14.0. The molecule has 2 heterocycles. The number of carbonyl (C=O) groups excluding carboxylic acids is 1. The lowest BCUT2D eigenvalue weighted by atomic mass is 10.0. The molecule has 0 saturated heterocycles. The molecular weight excluding hydrogens is 265 g/mol. The quantitative estimate of drug-likeness (QED) is 0.842. The second-order valence-electron chi connectivity index (χ2n) is 4.37. The van der Waals surface area contributed by atoms with Crippen LogP contribution in [0.25, 0.3) is 0 Å². The highest BCUT2D eigenvalue weighted by Crippen LogP contribution is 2.42. The largest absolute Gasteiger partial charge is 0.308 e. The molecule has 1 aromatic carbocycles. The Morgan fingerprint density at radius 3 is 3.00 bits per heavy atom. The second-order valence-corrected chi connectivity index (χ2v) is 5.47. The van der Waals surface area contributed by atoms with Gasteiger partial charge in [0.1, 0.15) is 5.82 Å². The summed E-state index contributed by atoms with van der Waals surface area (Å²) in [5.41, 5.74) is 2.27. The molecule has 1 atom stereocenters. The molecule has 0 spiro atoms. The maximum atomic E-state index is 14.0. The Bertz CT molecular complexity index is 641. The summed E-state index contributed by atoms with van der Waals surface area (Å²) in [6.07, 6.45) is 0. The Balaban J connectivity index is 2.14. The first kappa shape index (κ1) is 12.2. The standard InChI is InChI=1S/C13H12FN3OS/c1-7-11-12(8-4-2-3-5-9(8)14)19-6-10(18)15-13(11)17-16-7/h2-5,12H,6H2,1H3,(H2,15,16,17,18)/t12-/m1/s1. The lowest BCUT2D eigenvalue weighted by Gasteiger charge is -2.15. The van der Waals surface area contributed by atoms with Crippen molar-refractivity contribution in [3.8, 4) is 0 Å². The molecule has 2 aromatic rings. The fourth-order valence-corrected chi connectivity index (χ4v) is 3.41. The van der Waals surface area contributed by atoms with Gasteiger partial charge in [-0.1, -0.05) is 18.2 Å². The summed E-state index contributed by atoms with van der Waals surface area (Å²) in [5, 5.41) is 9.44. The zero-order valence-corrected chi connectivity index (χ0v) is 11.1. The number of aryl methyl sites for hydroxylation is 1. The Morgan fingerprint density at radius 2 is 2.21 bits per heavy atom. The van der Waals surface area contributed by atoms with E-state index >= 15 is 0 Å². The Kier molecular flexibility index (Phi) is 3.02. The molecule has 1 aromatic heterocycles. The number of H-pyrrole nitrogens is 1. The summed E-state index contributed by atoms with van der Waals surface area (Å²) in [6.45, 7) is 1.87. The zero-order chi connectivity index (χ0) is 13.4. The van der Waals surface area contributed by atoms with Crippen molar-refractivity contribution in [3.63, 3.8) is 0 Å². The number of nitrogens with zero attached hydrogens (tertiary/aromatic N) is 1. The second kappa shape index (κ2) is 4.70. The van der Waals surface area contributed by atoms with Crippen molar-refractivity contribution in [1.29, 1.82) is 0 Å². The molecule has 1 amide bonds. The number of hydrogen-bond acceptors (Lipinski definition) is 3. The first-order chi connectivity index (χ1) is 9.16. The molecule has 3 rings (SSSR count). The highest BCUT2D eigenvalue weighted by Gasteiger charge is 2.29. The third-order valence-electron chi connectivity index (χ3n) is 3.08. The van der Waals surface area contributed by atoms with Gasteiger partial charge in [-0.2, -0.15) is 5.10 Å². The predicted octanol–water partition coefficient (Wildman–Crippen LogP) is 2.63. The van der Waals surface area contributed by atoms with Crippen LogP contribution in [-0.4, -0.2) is 21.9 Å². The van der Waals surface area contributed by atoms with Crippen LogP contribution in [-0.2, 0) is 4.79 Å². The van der Waals surface area contributed by atoms with Crippen molar-refractivity contribution < 1.29 is 9.18 Å². The van der Waals surface area contributed by atoms with E-state index in [4.69, 9.17) is 0 Å². The summed E-state index contributed by atoms with van der Waals surface area (Å²) >= 11 is 1.41. The van der Waals surface area contributed by atoms with Crippen molar-refractivity contribution >= 4 is 23.5 Å². The molecule has 0 bridgehead atoms. The minimum Gasteiger partial charge on any atom is -0.308 e. The average Bonchev–Trinajstić information content (AvgIpc) is 2.65. The van der Waals surface area contributed by atoms with Gasteiger partial charge < -0.3 is 5.32 Å². The molecular formula is C13H12FN3OS. The van der Waals surface area contributed by atoms with Crippen LogP contribution in [0.3, 0.4) is 0 Å². The van der Waals surface area contributed by atoms with Crippen molar-refractivity contribution in [1.82, 2.24) is 10.2 Å². The van der Waals surface area contributed by atoms with Gasteiger partial charge in [0.15, 0.2) is 5.82 Å². The summed E-state index contributed by atoms with van der Waals surface area (Å²) < 4.78 is 14.0. The molecule has 19 heavy (non-hydrogen) atoms. The smallest absolute Gasteiger partial charge is 0.235 e. The van der Waals surface area contributed by atoms with Crippen LogP contribution in [0.5, 0.6) is 0 Å². The van der Waals surface area contributed by atoms with Gasteiger partial charge in [-0.15, -0.1) is 11.8 Å². The molecule has 98 valence electrons. The molecule has 2 N–H and O–H groups in total. The lowest BCUT2D eigenvalue weighted by Crippen LogP contribution is -2.12. The topological polar surface area (TPSA) is 57.8 Å². The number of nitrogens with one attached hydrogen (secondary N) is 2. The minimum atomic E-state index is -0.263. The Labute approximate surface area is 113 Å². The van der Waals surface area contributed by atoms with Crippen molar-refractivity contribution in [2.24, 2.45) is 0 Å². The van der Waals surface area contributed by atoms with Gasteiger partial charge in [0.25, 0.3) is 0 Å². The van der Waals surface area contributed by atoms with E-state index < -0.39 is 0 Å². The van der Waals surface area contributed by atoms with Gasteiger partial charge in [-0.3, -0.25) is 9.89 Å². The van der Waals surface area contributed by atoms with Crippen molar-refractivity contribution in [2.45, 2.75) is 12.2 Å². The number of hydrogen-bond donors (Lipinski definition) is 2. The molecule has 0 aliphatic carbocycles. The fourth-order valence-electron chi connectivity index (χ4n) is 2.20. The van der Waals surface area contributed by atoms with E-state index in [1.54, 1.807) is 18.2 Å². The van der Waals surface area contributed by atoms with Crippen LogP contribution in [0.1, 0.15) is 22.1 Å².